The van der Waals surface area contributed by atoms with E-state index in [1.807, 2.05) is 30.5 Å². The molecule has 0 aliphatic carbocycles. The van der Waals surface area contributed by atoms with E-state index in [1.165, 1.54) is 4.88 Å². The van der Waals surface area contributed by atoms with Crippen molar-refractivity contribution in [1.29, 1.82) is 0 Å². The molecule has 2 rings (SSSR count). The molecule has 0 radical (unpaired) electrons. The van der Waals surface area contributed by atoms with Gasteiger partial charge >= 0.3 is 0 Å². The van der Waals surface area contributed by atoms with E-state index in [9.17, 15) is 5.11 Å². The minimum absolute atomic E-state index is 0.471. The molecule has 0 aliphatic heterocycles. The van der Waals surface area contributed by atoms with E-state index in [2.05, 4.69) is 29.0 Å². The van der Waals surface area contributed by atoms with Crippen molar-refractivity contribution < 1.29 is 5.11 Å². The molecule has 0 saturated heterocycles. The fourth-order valence-corrected chi connectivity index (χ4v) is 3.20. The van der Waals surface area contributed by atoms with Gasteiger partial charge in [-0.15, -0.1) is 11.3 Å². The third kappa shape index (κ3) is 3.95. The lowest BCUT2D eigenvalue weighted by Gasteiger charge is -2.16. The second-order valence-electron chi connectivity index (χ2n) is 4.90. The Morgan fingerprint density at radius 1 is 1.29 bits per heavy atom. The maximum atomic E-state index is 9.79. The topological polar surface area (TPSA) is 48.4 Å². The van der Waals surface area contributed by atoms with Crippen LogP contribution < -0.4 is 10.2 Å². The predicted molar refractivity (Wildman–Crippen MR) is 90.1 cm³/mol. The van der Waals surface area contributed by atoms with Crippen LogP contribution in [0.3, 0.4) is 0 Å². The first-order valence-corrected chi connectivity index (χ1v) is 8.17. The van der Waals surface area contributed by atoms with Crippen molar-refractivity contribution in [1.82, 2.24) is 4.98 Å². The van der Waals surface area contributed by atoms with Gasteiger partial charge in [0.25, 0.3) is 0 Å². The highest BCUT2D eigenvalue weighted by atomic mass is 32.1. The molecular formula is C16H23N3OS. The van der Waals surface area contributed by atoms with Gasteiger partial charge in [0.2, 0.25) is 0 Å². The SMILES string of the molecule is CCN(CC)c1ncc(CNc2ccccc2C(C)O)s1. The third-order valence-corrected chi connectivity index (χ3v) is 4.50. The van der Waals surface area contributed by atoms with Gasteiger partial charge in [-0.3, -0.25) is 0 Å². The van der Waals surface area contributed by atoms with Crippen LogP contribution in [-0.2, 0) is 6.54 Å². The molecule has 1 aromatic heterocycles. The van der Waals surface area contributed by atoms with Crippen LogP contribution in [0.15, 0.2) is 30.5 Å². The Bertz CT molecular complexity index is 564. The first-order valence-electron chi connectivity index (χ1n) is 7.36. The number of nitrogens with one attached hydrogen (secondary N) is 1. The molecule has 5 heteroatoms. The molecule has 114 valence electrons. The molecule has 0 amide bonds. The summed E-state index contributed by atoms with van der Waals surface area (Å²) < 4.78 is 0. The maximum Gasteiger partial charge on any atom is 0.185 e. The van der Waals surface area contributed by atoms with Crippen LogP contribution >= 0.6 is 11.3 Å². The van der Waals surface area contributed by atoms with Crippen molar-refractivity contribution in [2.75, 3.05) is 23.3 Å². The normalized spacial score (nSPS) is 12.2. The van der Waals surface area contributed by atoms with Crippen LogP contribution in [0.25, 0.3) is 0 Å². The van der Waals surface area contributed by atoms with Gasteiger partial charge in [0.15, 0.2) is 5.13 Å². The van der Waals surface area contributed by atoms with Crippen LogP contribution in [-0.4, -0.2) is 23.2 Å². The maximum absolute atomic E-state index is 9.79. The van der Waals surface area contributed by atoms with Crippen LogP contribution in [0.4, 0.5) is 10.8 Å². The van der Waals surface area contributed by atoms with Crippen LogP contribution in [0, 0.1) is 0 Å². The smallest absolute Gasteiger partial charge is 0.185 e. The monoisotopic (exact) mass is 305 g/mol. The summed E-state index contributed by atoms with van der Waals surface area (Å²) in [5.41, 5.74) is 1.90. The minimum atomic E-state index is -0.471. The summed E-state index contributed by atoms with van der Waals surface area (Å²) >= 11 is 1.71. The van der Waals surface area contributed by atoms with E-state index in [1.54, 1.807) is 18.3 Å². The Morgan fingerprint density at radius 2 is 2.00 bits per heavy atom. The Kier molecular flexibility index (Phi) is 5.59. The molecule has 1 atom stereocenters. The van der Waals surface area contributed by atoms with Crippen molar-refractivity contribution in [2.24, 2.45) is 0 Å². The Labute approximate surface area is 130 Å². The van der Waals surface area contributed by atoms with Crippen molar-refractivity contribution in [3.8, 4) is 0 Å². The molecule has 2 aromatic rings. The number of para-hydroxylation sites is 1. The number of hydrogen-bond acceptors (Lipinski definition) is 5. The molecule has 0 bridgehead atoms. The zero-order valence-electron chi connectivity index (χ0n) is 12.8. The zero-order chi connectivity index (χ0) is 15.2. The van der Waals surface area contributed by atoms with Gasteiger partial charge in [-0.05, 0) is 26.8 Å². The van der Waals surface area contributed by atoms with Crippen LogP contribution in [0.2, 0.25) is 0 Å². The van der Waals surface area contributed by atoms with Crippen molar-refractivity contribution >= 4 is 22.2 Å². The largest absolute Gasteiger partial charge is 0.389 e. The summed E-state index contributed by atoms with van der Waals surface area (Å²) in [4.78, 5) is 7.92. The van der Waals surface area contributed by atoms with E-state index < -0.39 is 6.10 Å². The highest BCUT2D eigenvalue weighted by molar-refractivity contribution is 7.15. The molecular weight excluding hydrogens is 282 g/mol. The summed E-state index contributed by atoms with van der Waals surface area (Å²) in [6.45, 7) is 8.74. The van der Waals surface area contributed by atoms with E-state index in [0.717, 1.165) is 36.0 Å². The molecule has 0 saturated carbocycles. The number of nitrogens with zero attached hydrogens (tertiary/aromatic N) is 2. The Hall–Kier alpha value is -1.59. The number of thiazole rings is 1. The second-order valence-corrected chi connectivity index (χ2v) is 5.99. The molecule has 21 heavy (non-hydrogen) atoms. The first-order chi connectivity index (χ1) is 10.2. The Morgan fingerprint density at radius 3 is 2.67 bits per heavy atom. The first kappa shape index (κ1) is 15.8. The lowest BCUT2D eigenvalue weighted by molar-refractivity contribution is 0.200. The molecule has 4 nitrogen and oxygen atoms in total. The van der Waals surface area contributed by atoms with Gasteiger partial charge in [0.05, 0.1) is 12.6 Å². The van der Waals surface area contributed by atoms with E-state index in [4.69, 9.17) is 0 Å². The zero-order valence-corrected chi connectivity index (χ0v) is 13.7. The van der Waals surface area contributed by atoms with Crippen molar-refractivity contribution in [3.05, 3.63) is 40.9 Å². The molecule has 1 heterocycles. The van der Waals surface area contributed by atoms with E-state index in [-0.39, 0.29) is 0 Å². The molecule has 0 fully saturated rings. The highest BCUT2D eigenvalue weighted by Gasteiger charge is 2.09. The summed E-state index contributed by atoms with van der Waals surface area (Å²) in [5, 5.41) is 14.2. The number of rotatable bonds is 7. The van der Waals surface area contributed by atoms with Gasteiger partial charge in [0.1, 0.15) is 0 Å². The molecule has 1 aromatic carbocycles. The number of hydrogen-bond donors (Lipinski definition) is 2. The standard InChI is InChI=1S/C16H23N3OS/c1-4-19(5-2)16-18-11-13(21-16)10-17-15-9-7-6-8-14(15)12(3)20/h6-9,11-12,17,20H,4-5,10H2,1-3H3. The lowest BCUT2D eigenvalue weighted by atomic mass is 10.1. The number of aliphatic hydroxyl groups excluding tert-OH is 1. The average Bonchev–Trinajstić information content (AvgIpc) is 2.95. The third-order valence-electron chi connectivity index (χ3n) is 3.44. The van der Waals surface area contributed by atoms with Gasteiger partial charge in [0, 0.05) is 35.4 Å². The summed E-state index contributed by atoms with van der Waals surface area (Å²) in [6, 6.07) is 7.86. The summed E-state index contributed by atoms with van der Waals surface area (Å²) in [6.07, 6.45) is 1.46. The molecule has 0 aliphatic rings. The van der Waals surface area contributed by atoms with E-state index in [0.29, 0.717) is 0 Å². The molecule has 1 unspecified atom stereocenters. The number of anilines is 2. The van der Waals surface area contributed by atoms with Crippen molar-refractivity contribution in [3.63, 3.8) is 0 Å². The van der Waals surface area contributed by atoms with Gasteiger partial charge in [-0.25, -0.2) is 4.98 Å². The summed E-state index contributed by atoms with van der Waals surface area (Å²) in [7, 11) is 0. The van der Waals surface area contributed by atoms with Gasteiger partial charge in [-0.1, -0.05) is 18.2 Å². The summed E-state index contributed by atoms with van der Waals surface area (Å²) in [5.74, 6) is 0. The van der Waals surface area contributed by atoms with Crippen molar-refractivity contribution in [2.45, 2.75) is 33.4 Å². The van der Waals surface area contributed by atoms with E-state index >= 15 is 0 Å². The average molecular weight is 305 g/mol. The quantitative estimate of drug-likeness (QED) is 0.819. The Balaban J connectivity index is 2.04. The predicted octanol–water partition coefficient (Wildman–Crippen LogP) is 3.65. The minimum Gasteiger partial charge on any atom is -0.389 e. The second kappa shape index (κ2) is 7.43. The van der Waals surface area contributed by atoms with Gasteiger partial charge < -0.3 is 15.3 Å². The van der Waals surface area contributed by atoms with Crippen LogP contribution in [0.1, 0.15) is 37.3 Å². The fraction of sp³-hybridized carbons (Fsp3) is 0.438. The number of aromatic nitrogens is 1. The highest BCUT2D eigenvalue weighted by Crippen LogP contribution is 2.26. The number of aliphatic hydroxyl groups is 1. The number of benzene rings is 1. The van der Waals surface area contributed by atoms with Crippen LogP contribution in [0.5, 0.6) is 0 Å². The lowest BCUT2D eigenvalue weighted by Crippen LogP contribution is -2.21. The fourth-order valence-electron chi connectivity index (χ4n) is 2.22. The molecule has 0 spiro atoms. The molecule has 2 N–H and O–H groups in total. The van der Waals surface area contributed by atoms with Gasteiger partial charge in [-0.2, -0.15) is 0 Å².